The van der Waals surface area contributed by atoms with Gasteiger partial charge in [-0.2, -0.15) is 0 Å². The van der Waals surface area contributed by atoms with Gasteiger partial charge in [0.05, 0.1) is 23.1 Å². The van der Waals surface area contributed by atoms with Crippen LogP contribution in [0, 0.1) is 0 Å². The van der Waals surface area contributed by atoms with Crippen molar-refractivity contribution in [2.45, 2.75) is 25.0 Å². The minimum absolute atomic E-state index is 0.0163. The maximum Gasteiger partial charge on any atom is 0.291 e. The van der Waals surface area contributed by atoms with Crippen molar-refractivity contribution in [1.82, 2.24) is 4.90 Å². The second-order valence-electron chi connectivity index (χ2n) is 7.22. The monoisotopic (exact) mass is 439 g/mol. The molecule has 2 atom stereocenters. The molecule has 0 spiro atoms. The quantitative estimate of drug-likeness (QED) is 0.610. The Hall–Kier alpha value is -2.44. The molecule has 2 aliphatic heterocycles. The molecule has 5 rings (SSSR count). The molecule has 2 aromatic carbocycles. The van der Waals surface area contributed by atoms with Crippen LogP contribution in [0.3, 0.4) is 0 Å². The van der Waals surface area contributed by atoms with Crippen molar-refractivity contribution in [3.8, 4) is 0 Å². The molecule has 0 bridgehead atoms. The summed E-state index contributed by atoms with van der Waals surface area (Å²) in [7, 11) is 0. The van der Waals surface area contributed by atoms with Crippen molar-refractivity contribution in [2.75, 3.05) is 13.2 Å². The van der Waals surface area contributed by atoms with Gasteiger partial charge in [0, 0.05) is 17.6 Å². The molecule has 0 N–H and O–H groups in total. The van der Waals surface area contributed by atoms with E-state index in [0.29, 0.717) is 29.7 Å². The van der Waals surface area contributed by atoms with Crippen LogP contribution in [-0.4, -0.2) is 30.1 Å². The summed E-state index contributed by atoms with van der Waals surface area (Å²) in [5, 5.41) is 0.494. The molecule has 28 heavy (non-hydrogen) atoms. The molecule has 1 aromatic heterocycles. The lowest BCUT2D eigenvalue weighted by atomic mass is 9.98. The topological polar surface area (TPSA) is 59.8 Å². The highest BCUT2D eigenvalue weighted by Gasteiger charge is 2.43. The third kappa shape index (κ3) is 2.79. The molecule has 0 unspecified atom stereocenters. The number of carbonyl (C=O) groups is 1. The van der Waals surface area contributed by atoms with Gasteiger partial charge in [-0.1, -0.05) is 40.2 Å². The molecule has 1 amide bonds. The van der Waals surface area contributed by atoms with Crippen molar-refractivity contribution >= 4 is 32.8 Å². The van der Waals surface area contributed by atoms with Gasteiger partial charge < -0.3 is 14.1 Å². The van der Waals surface area contributed by atoms with Gasteiger partial charge in [-0.15, -0.1) is 0 Å². The van der Waals surface area contributed by atoms with Crippen LogP contribution in [0.1, 0.15) is 40.6 Å². The molecule has 0 saturated carbocycles. The zero-order valence-corrected chi connectivity index (χ0v) is 16.6. The largest absolute Gasteiger partial charge is 0.450 e. The van der Waals surface area contributed by atoms with Gasteiger partial charge in [-0.05, 0) is 42.7 Å². The Balaban J connectivity index is 1.71. The molecule has 0 aliphatic carbocycles. The third-order valence-electron chi connectivity index (χ3n) is 5.46. The second kappa shape index (κ2) is 6.87. The third-order valence-corrected chi connectivity index (χ3v) is 5.96. The van der Waals surface area contributed by atoms with Crippen LogP contribution in [0.4, 0.5) is 0 Å². The van der Waals surface area contributed by atoms with Crippen molar-refractivity contribution in [3.63, 3.8) is 0 Å². The first-order chi connectivity index (χ1) is 13.6. The first-order valence-electron chi connectivity index (χ1n) is 9.37. The summed E-state index contributed by atoms with van der Waals surface area (Å²) < 4.78 is 12.6. The number of rotatable bonds is 3. The summed E-state index contributed by atoms with van der Waals surface area (Å²) >= 11 is 3.50. The van der Waals surface area contributed by atoms with E-state index in [1.54, 1.807) is 29.2 Å². The summed E-state index contributed by atoms with van der Waals surface area (Å²) in [5.74, 6) is -0.106. The number of amides is 1. The standard InChI is InChI=1S/C22H18BrNO4/c23-14-6-3-5-13(11-14)19-18-20(25)16-8-1-2-9-17(16)28-21(18)22(26)24(19)12-15-7-4-10-27-15/h1-3,5-6,8-9,11,15,19H,4,7,10,12H2/t15-,19-/m0/s1. The fraction of sp³-hybridized carbons (Fsp3) is 0.273. The van der Waals surface area contributed by atoms with Gasteiger partial charge in [-0.25, -0.2) is 0 Å². The molecule has 3 aromatic rings. The van der Waals surface area contributed by atoms with Crippen molar-refractivity contribution in [1.29, 1.82) is 0 Å². The van der Waals surface area contributed by atoms with Crippen molar-refractivity contribution in [3.05, 3.63) is 80.1 Å². The summed E-state index contributed by atoms with van der Waals surface area (Å²) in [4.78, 5) is 28.3. The number of nitrogens with zero attached hydrogens (tertiary/aromatic N) is 1. The van der Waals surface area contributed by atoms with Gasteiger partial charge in [0.1, 0.15) is 5.58 Å². The van der Waals surface area contributed by atoms with E-state index < -0.39 is 6.04 Å². The SMILES string of the molecule is O=C1c2oc3ccccc3c(=O)c2[C@H](c2cccc(Br)c2)N1C[C@@H]1CCCO1. The highest BCUT2D eigenvalue weighted by Crippen LogP contribution is 2.39. The average molecular weight is 440 g/mol. The van der Waals surface area contributed by atoms with E-state index >= 15 is 0 Å². The summed E-state index contributed by atoms with van der Waals surface area (Å²) in [6.07, 6.45) is 1.88. The minimum atomic E-state index is -0.481. The lowest BCUT2D eigenvalue weighted by molar-refractivity contribution is 0.0486. The zero-order chi connectivity index (χ0) is 19.3. The van der Waals surface area contributed by atoms with Gasteiger partial charge in [0.15, 0.2) is 5.43 Å². The van der Waals surface area contributed by atoms with E-state index in [-0.39, 0.29) is 23.2 Å². The number of benzene rings is 2. The van der Waals surface area contributed by atoms with Gasteiger partial charge in [0.25, 0.3) is 5.91 Å². The zero-order valence-electron chi connectivity index (χ0n) is 15.1. The van der Waals surface area contributed by atoms with E-state index in [0.717, 1.165) is 22.9 Å². The Bertz CT molecular complexity index is 1130. The van der Waals surface area contributed by atoms with Gasteiger partial charge in [-0.3, -0.25) is 9.59 Å². The number of ether oxygens (including phenoxy) is 1. The summed E-state index contributed by atoms with van der Waals surface area (Å²) in [6, 6.07) is 14.3. The number of carbonyl (C=O) groups excluding carboxylic acids is 1. The number of hydrogen-bond donors (Lipinski definition) is 0. The normalized spacial score (nSPS) is 21.5. The maximum atomic E-state index is 13.3. The van der Waals surface area contributed by atoms with Crippen LogP contribution in [0.25, 0.3) is 11.0 Å². The maximum absolute atomic E-state index is 13.3. The number of para-hydroxylation sites is 1. The Labute approximate surface area is 170 Å². The minimum Gasteiger partial charge on any atom is -0.450 e. The lowest BCUT2D eigenvalue weighted by Crippen LogP contribution is -2.36. The second-order valence-corrected chi connectivity index (χ2v) is 8.14. The Morgan fingerprint density at radius 2 is 1.96 bits per heavy atom. The number of halogens is 1. The number of fused-ring (bicyclic) bond motifs is 2. The lowest BCUT2D eigenvalue weighted by Gasteiger charge is -2.27. The van der Waals surface area contributed by atoms with Crippen LogP contribution < -0.4 is 5.43 Å². The van der Waals surface area contributed by atoms with Crippen LogP contribution in [0.2, 0.25) is 0 Å². The van der Waals surface area contributed by atoms with E-state index in [1.165, 1.54) is 0 Å². The molecule has 2 aliphatic rings. The average Bonchev–Trinajstić information content (AvgIpc) is 3.30. The first kappa shape index (κ1) is 17.6. The molecule has 1 fully saturated rings. The first-order valence-corrected chi connectivity index (χ1v) is 10.2. The predicted octanol–water partition coefficient (Wildman–Crippen LogP) is 4.28. The van der Waals surface area contributed by atoms with E-state index in [1.807, 2.05) is 24.3 Å². The van der Waals surface area contributed by atoms with E-state index in [2.05, 4.69) is 15.9 Å². The van der Waals surface area contributed by atoms with E-state index in [9.17, 15) is 9.59 Å². The van der Waals surface area contributed by atoms with Crippen LogP contribution >= 0.6 is 15.9 Å². The Morgan fingerprint density at radius 1 is 1.11 bits per heavy atom. The molecule has 1 saturated heterocycles. The Kier molecular flexibility index (Phi) is 4.33. The van der Waals surface area contributed by atoms with Crippen molar-refractivity contribution in [2.24, 2.45) is 0 Å². The fourth-order valence-electron chi connectivity index (χ4n) is 4.19. The van der Waals surface area contributed by atoms with Crippen molar-refractivity contribution < 1.29 is 13.9 Å². The molecule has 142 valence electrons. The van der Waals surface area contributed by atoms with Crippen LogP contribution in [-0.2, 0) is 4.74 Å². The Morgan fingerprint density at radius 3 is 2.75 bits per heavy atom. The van der Waals surface area contributed by atoms with E-state index in [4.69, 9.17) is 9.15 Å². The van der Waals surface area contributed by atoms with Gasteiger partial charge >= 0.3 is 0 Å². The molecule has 6 heteroatoms. The van der Waals surface area contributed by atoms with Crippen LogP contribution in [0.15, 0.2) is 62.2 Å². The summed E-state index contributed by atoms with van der Waals surface area (Å²) in [5.41, 5.74) is 1.58. The molecular formula is C22H18BrNO4. The van der Waals surface area contributed by atoms with Crippen LogP contribution in [0.5, 0.6) is 0 Å². The molecular weight excluding hydrogens is 422 g/mol. The molecule has 0 radical (unpaired) electrons. The van der Waals surface area contributed by atoms with Gasteiger partial charge in [0.2, 0.25) is 5.76 Å². The predicted molar refractivity (Wildman–Crippen MR) is 108 cm³/mol. The molecule has 5 nitrogen and oxygen atoms in total. The smallest absolute Gasteiger partial charge is 0.291 e. The highest BCUT2D eigenvalue weighted by atomic mass is 79.9. The number of hydrogen-bond acceptors (Lipinski definition) is 4. The summed E-state index contributed by atoms with van der Waals surface area (Å²) in [6.45, 7) is 1.15. The highest BCUT2D eigenvalue weighted by molar-refractivity contribution is 9.10. The molecule has 3 heterocycles. The fourth-order valence-corrected chi connectivity index (χ4v) is 4.60.